The van der Waals surface area contributed by atoms with E-state index in [-0.39, 0.29) is 0 Å². The number of hydrogen-bond donors (Lipinski definition) is 1. The van der Waals surface area contributed by atoms with E-state index in [1.807, 2.05) is 32.9 Å². The van der Waals surface area contributed by atoms with E-state index < -0.39 is 11.4 Å². The Balaban J connectivity index is 3.23. The fraction of sp³-hybridized carbons (Fsp3) is 0.400. The zero-order valence-corrected chi connectivity index (χ0v) is 12.4. The van der Waals surface area contributed by atoms with Gasteiger partial charge in [-0.3, -0.25) is 0 Å². The minimum Gasteiger partial charge on any atom is -0.495 e. The van der Waals surface area contributed by atoms with Crippen molar-refractivity contribution < 1.29 is 14.6 Å². The van der Waals surface area contributed by atoms with Gasteiger partial charge in [-0.2, -0.15) is 0 Å². The van der Waals surface area contributed by atoms with Gasteiger partial charge in [0.2, 0.25) is 0 Å². The SMILES string of the molecule is CCC(=CC(C)(C)c1ccc(Cl)c(OC)c1)C(=O)O. The highest BCUT2D eigenvalue weighted by Crippen LogP contribution is 2.33. The summed E-state index contributed by atoms with van der Waals surface area (Å²) in [4.78, 5) is 11.1. The van der Waals surface area contributed by atoms with Crippen molar-refractivity contribution in [3.63, 3.8) is 0 Å². The molecule has 1 rings (SSSR count). The standard InChI is InChI=1S/C15H19ClO3/c1-5-10(14(17)18)9-15(2,3)11-6-7-12(16)13(8-11)19-4/h6-9H,5H2,1-4H3,(H,17,18). The van der Waals surface area contributed by atoms with E-state index in [2.05, 4.69) is 0 Å². The number of rotatable bonds is 5. The monoisotopic (exact) mass is 282 g/mol. The zero-order valence-electron chi connectivity index (χ0n) is 11.7. The highest BCUT2D eigenvalue weighted by atomic mass is 35.5. The number of methoxy groups -OCH3 is 1. The molecule has 0 spiro atoms. The van der Waals surface area contributed by atoms with E-state index in [1.54, 1.807) is 19.3 Å². The van der Waals surface area contributed by atoms with Gasteiger partial charge in [0.15, 0.2) is 0 Å². The van der Waals surface area contributed by atoms with Gasteiger partial charge in [-0.15, -0.1) is 0 Å². The average Bonchev–Trinajstić information content (AvgIpc) is 2.36. The topological polar surface area (TPSA) is 46.5 Å². The van der Waals surface area contributed by atoms with E-state index >= 15 is 0 Å². The fourth-order valence-electron chi connectivity index (χ4n) is 1.89. The maximum absolute atomic E-state index is 11.1. The molecule has 0 unspecified atom stereocenters. The van der Waals surface area contributed by atoms with Gasteiger partial charge in [-0.25, -0.2) is 4.79 Å². The first-order valence-corrected chi connectivity index (χ1v) is 6.48. The van der Waals surface area contributed by atoms with Crippen molar-refractivity contribution in [2.45, 2.75) is 32.6 Å². The van der Waals surface area contributed by atoms with Gasteiger partial charge in [-0.1, -0.05) is 44.5 Å². The summed E-state index contributed by atoms with van der Waals surface area (Å²) in [5, 5.41) is 9.66. The van der Waals surface area contributed by atoms with Gasteiger partial charge in [0.05, 0.1) is 12.1 Å². The van der Waals surface area contributed by atoms with Gasteiger partial charge < -0.3 is 9.84 Å². The maximum atomic E-state index is 11.1. The molecule has 1 aromatic carbocycles. The molecule has 0 aliphatic rings. The molecular formula is C15H19ClO3. The minimum atomic E-state index is -0.878. The second-order valence-electron chi connectivity index (χ2n) is 4.90. The summed E-state index contributed by atoms with van der Waals surface area (Å²) in [5.41, 5.74) is 0.960. The van der Waals surface area contributed by atoms with E-state index in [0.717, 1.165) is 5.56 Å². The Morgan fingerprint density at radius 3 is 2.58 bits per heavy atom. The number of carboxylic acids is 1. The largest absolute Gasteiger partial charge is 0.495 e. The molecule has 0 aliphatic heterocycles. The van der Waals surface area contributed by atoms with E-state index in [0.29, 0.717) is 22.8 Å². The van der Waals surface area contributed by atoms with Crippen LogP contribution in [-0.2, 0) is 10.2 Å². The number of hydrogen-bond acceptors (Lipinski definition) is 2. The van der Waals surface area contributed by atoms with Crippen LogP contribution < -0.4 is 4.74 Å². The Kier molecular flexibility index (Phi) is 5.01. The molecule has 0 radical (unpaired) electrons. The van der Waals surface area contributed by atoms with Crippen LogP contribution in [0.3, 0.4) is 0 Å². The maximum Gasteiger partial charge on any atom is 0.331 e. The minimum absolute atomic E-state index is 0.401. The Morgan fingerprint density at radius 2 is 2.11 bits per heavy atom. The highest BCUT2D eigenvalue weighted by Gasteiger charge is 2.21. The van der Waals surface area contributed by atoms with Crippen molar-refractivity contribution in [3.05, 3.63) is 40.4 Å². The molecule has 19 heavy (non-hydrogen) atoms. The molecule has 0 aliphatic carbocycles. The molecule has 3 nitrogen and oxygen atoms in total. The van der Waals surface area contributed by atoms with Gasteiger partial charge >= 0.3 is 5.97 Å². The van der Waals surface area contributed by atoms with Crippen LogP contribution in [0.1, 0.15) is 32.8 Å². The lowest BCUT2D eigenvalue weighted by atomic mass is 9.82. The number of benzene rings is 1. The number of carboxylic acid groups (broad SMARTS) is 1. The Morgan fingerprint density at radius 1 is 1.47 bits per heavy atom. The lowest BCUT2D eigenvalue weighted by Crippen LogP contribution is -2.16. The Hall–Kier alpha value is -1.48. The van der Waals surface area contributed by atoms with Crippen LogP contribution >= 0.6 is 11.6 Å². The van der Waals surface area contributed by atoms with Crippen molar-refractivity contribution in [1.29, 1.82) is 0 Å². The fourth-order valence-corrected chi connectivity index (χ4v) is 2.09. The lowest BCUT2D eigenvalue weighted by Gasteiger charge is -2.23. The molecule has 0 aromatic heterocycles. The van der Waals surface area contributed by atoms with Crippen molar-refractivity contribution >= 4 is 17.6 Å². The smallest absolute Gasteiger partial charge is 0.331 e. The molecule has 0 bridgehead atoms. The predicted molar refractivity (Wildman–Crippen MR) is 77.0 cm³/mol. The normalized spacial score (nSPS) is 12.4. The molecule has 0 atom stereocenters. The second kappa shape index (κ2) is 6.11. The molecular weight excluding hydrogens is 264 g/mol. The van der Waals surface area contributed by atoms with Crippen LogP contribution in [0.2, 0.25) is 5.02 Å². The molecule has 0 saturated heterocycles. The zero-order chi connectivity index (χ0) is 14.6. The molecule has 0 saturated carbocycles. The molecule has 0 amide bonds. The first kappa shape index (κ1) is 15.6. The molecule has 0 fully saturated rings. The van der Waals surface area contributed by atoms with Crippen LogP contribution in [-0.4, -0.2) is 18.2 Å². The van der Waals surface area contributed by atoms with Crippen LogP contribution in [0.5, 0.6) is 5.75 Å². The van der Waals surface area contributed by atoms with Crippen molar-refractivity contribution in [2.24, 2.45) is 0 Å². The highest BCUT2D eigenvalue weighted by molar-refractivity contribution is 6.32. The van der Waals surface area contributed by atoms with Crippen LogP contribution in [0, 0.1) is 0 Å². The third-order valence-electron chi connectivity index (χ3n) is 3.09. The summed E-state index contributed by atoms with van der Waals surface area (Å²) in [7, 11) is 1.56. The van der Waals surface area contributed by atoms with Crippen molar-refractivity contribution in [1.82, 2.24) is 0 Å². The van der Waals surface area contributed by atoms with Gasteiger partial charge in [0.1, 0.15) is 5.75 Å². The van der Waals surface area contributed by atoms with E-state index in [9.17, 15) is 4.79 Å². The number of aliphatic carboxylic acids is 1. The molecule has 1 aromatic rings. The first-order chi connectivity index (χ1) is 8.81. The van der Waals surface area contributed by atoms with Gasteiger partial charge in [0, 0.05) is 11.0 Å². The number of carbonyl (C=O) groups is 1. The van der Waals surface area contributed by atoms with Crippen LogP contribution in [0.4, 0.5) is 0 Å². The first-order valence-electron chi connectivity index (χ1n) is 6.11. The molecule has 4 heteroatoms. The van der Waals surface area contributed by atoms with Crippen molar-refractivity contribution in [3.8, 4) is 5.75 Å². The van der Waals surface area contributed by atoms with Crippen LogP contribution in [0.25, 0.3) is 0 Å². The quantitative estimate of drug-likeness (QED) is 0.829. The van der Waals surface area contributed by atoms with Crippen molar-refractivity contribution in [2.75, 3.05) is 7.11 Å². The van der Waals surface area contributed by atoms with Gasteiger partial charge in [0.25, 0.3) is 0 Å². The third kappa shape index (κ3) is 3.74. The average molecular weight is 283 g/mol. The lowest BCUT2D eigenvalue weighted by molar-refractivity contribution is -0.132. The third-order valence-corrected chi connectivity index (χ3v) is 3.40. The molecule has 0 heterocycles. The second-order valence-corrected chi connectivity index (χ2v) is 5.31. The molecule has 1 N–H and O–H groups in total. The summed E-state index contributed by atoms with van der Waals surface area (Å²) in [6, 6.07) is 5.49. The summed E-state index contributed by atoms with van der Waals surface area (Å²) >= 11 is 6.00. The summed E-state index contributed by atoms with van der Waals surface area (Å²) in [5.74, 6) is -0.287. The number of allylic oxidation sites excluding steroid dienone is 1. The van der Waals surface area contributed by atoms with Gasteiger partial charge in [-0.05, 0) is 24.1 Å². The number of ether oxygens (including phenoxy) is 1. The Bertz CT molecular complexity index is 504. The van der Waals surface area contributed by atoms with Crippen LogP contribution in [0.15, 0.2) is 29.8 Å². The van der Waals surface area contributed by atoms with E-state index in [1.165, 1.54) is 0 Å². The number of halogens is 1. The summed E-state index contributed by atoms with van der Waals surface area (Å²) in [6.07, 6.45) is 2.27. The van der Waals surface area contributed by atoms with E-state index in [4.69, 9.17) is 21.4 Å². The predicted octanol–water partition coefficient (Wildman–Crippen LogP) is 4.05. The molecule has 104 valence electrons. The summed E-state index contributed by atoms with van der Waals surface area (Å²) in [6.45, 7) is 5.76. The summed E-state index contributed by atoms with van der Waals surface area (Å²) < 4.78 is 5.19. The Labute approximate surface area is 118 Å².